The van der Waals surface area contributed by atoms with Gasteiger partial charge < -0.3 is 5.32 Å². The molecule has 1 rings (SSSR count). The molecule has 0 fully saturated rings. The van der Waals surface area contributed by atoms with Crippen LogP contribution in [0.15, 0.2) is 24.8 Å². The van der Waals surface area contributed by atoms with E-state index in [1.165, 1.54) is 6.07 Å². The lowest BCUT2D eigenvalue weighted by Gasteiger charge is -2.04. The molecule has 0 radical (unpaired) electrons. The summed E-state index contributed by atoms with van der Waals surface area (Å²) in [5, 5.41) is 3.18. The first-order valence-electron chi connectivity index (χ1n) is 4.36. The van der Waals surface area contributed by atoms with E-state index in [0.717, 1.165) is 0 Å². The standard InChI is InChI=1S/C10H10Cl2N2O/c1-2-3-6-13-10(15)9-7(11)4-5-8(12)14-9/h2,4-5H,1,3,6H2,(H,13,15). The van der Waals surface area contributed by atoms with E-state index in [-0.39, 0.29) is 21.8 Å². The number of carbonyl (C=O) groups is 1. The predicted octanol–water partition coefficient (Wildman–Crippen LogP) is 2.69. The Bertz CT molecular complexity index is 380. The van der Waals surface area contributed by atoms with Crippen LogP contribution in [0.25, 0.3) is 0 Å². The van der Waals surface area contributed by atoms with Crippen LogP contribution in [-0.2, 0) is 0 Å². The van der Waals surface area contributed by atoms with Crippen LogP contribution in [0.2, 0.25) is 10.2 Å². The molecule has 1 aromatic rings. The Hall–Kier alpha value is -1.06. The van der Waals surface area contributed by atoms with Crippen molar-refractivity contribution in [2.24, 2.45) is 0 Å². The number of halogens is 2. The van der Waals surface area contributed by atoms with Crippen LogP contribution in [0.3, 0.4) is 0 Å². The Morgan fingerprint density at radius 2 is 2.27 bits per heavy atom. The summed E-state index contributed by atoms with van der Waals surface area (Å²) in [6.45, 7) is 4.05. The normalized spacial score (nSPS) is 9.73. The quantitative estimate of drug-likeness (QED) is 0.503. The highest BCUT2D eigenvalue weighted by Crippen LogP contribution is 2.16. The average molecular weight is 245 g/mol. The zero-order chi connectivity index (χ0) is 11.3. The minimum atomic E-state index is -0.329. The van der Waals surface area contributed by atoms with Gasteiger partial charge in [-0.05, 0) is 18.6 Å². The Morgan fingerprint density at radius 3 is 2.93 bits per heavy atom. The van der Waals surface area contributed by atoms with Gasteiger partial charge in [-0.1, -0.05) is 29.3 Å². The lowest BCUT2D eigenvalue weighted by atomic mass is 10.3. The maximum atomic E-state index is 11.5. The molecule has 0 bridgehead atoms. The summed E-state index contributed by atoms with van der Waals surface area (Å²) < 4.78 is 0. The Morgan fingerprint density at radius 1 is 1.53 bits per heavy atom. The Kier molecular flexibility index (Phi) is 4.59. The molecule has 0 saturated heterocycles. The highest BCUT2D eigenvalue weighted by molar-refractivity contribution is 6.34. The fourth-order valence-electron chi connectivity index (χ4n) is 0.949. The Balaban J connectivity index is 2.72. The van der Waals surface area contributed by atoms with Crippen molar-refractivity contribution in [3.63, 3.8) is 0 Å². The molecule has 0 saturated carbocycles. The molecule has 0 aliphatic heterocycles. The third-order valence-electron chi connectivity index (χ3n) is 1.66. The number of rotatable bonds is 4. The van der Waals surface area contributed by atoms with Crippen molar-refractivity contribution in [3.8, 4) is 0 Å². The van der Waals surface area contributed by atoms with Crippen molar-refractivity contribution < 1.29 is 4.79 Å². The summed E-state index contributed by atoms with van der Waals surface area (Å²) in [7, 11) is 0. The third-order valence-corrected chi connectivity index (χ3v) is 2.18. The predicted molar refractivity (Wildman–Crippen MR) is 61.4 cm³/mol. The van der Waals surface area contributed by atoms with Gasteiger partial charge in [0.05, 0.1) is 5.02 Å². The molecule has 3 nitrogen and oxygen atoms in total. The molecule has 1 N–H and O–H groups in total. The zero-order valence-corrected chi connectivity index (χ0v) is 9.48. The number of hydrogen-bond acceptors (Lipinski definition) is 2. The molecule has 1 aromatic heterocycles. The molecular weight excluding hydrogens is 235 g/mol. The summed E-state index contributed by atoms with van der Waals surface area (Å²) in [6, 6.07) is 3.07. The van der Waals surface area contributed by atoms with Crippen LogP contribution in [0, 0.1) is 0 Å². The lowest BCUT2D eigenvalue weighted by Crippen LogP contribution is -2.25. The van der Waals surface area contributed by atoms with Crippen molar-refractivity contribution >= 4 is 29.1 Å². The fourth-order valence-corrected chi connectivity index (χ4v) is 1.29. The van der Waals surface area contributed by atoms with Gasteiger partial charge in [0.2, 0.25) is 0 Å². The summed E-state index contributed by atoms with van der Waals surface area (Å²) in [6.07, 6.45) is 2.41. The van der Waals surface area contributed by atoms with Gasteiger partial charge >= 0.3 is 0 Å². The van der Waals surface area contributed by atoms with Crippen LogP contribution in [-0.4, -0.2) is 17.4 Å². The summed E-state index contributed by atoms with van der Waals surface area (Å²) in [4.78, 5) is 15.4. The first-order chi connectivity index (χ1) is 7.15. The number of pyridine rings is 1. The van der Waals surface area contributed by atoms with Gasteiger partial charge in [-0.25, -0.2) is 4.98 Å². The first kappa shape index (κ1) is 12.0. The molecule has 15 heavy (non-hydrogen) atoms. The van der Waals surface area contributed by atoms with Crippen molar-refractivity contribution in [1.29, 1.82) is 0 Å². The number of nitrogens with zero attached hydrogens (tertiary/aromatic N) is 1. The topological polar surface area (TPSA) is 42.0 Å². The molecule has 5 heteroatoms. The molecule has 0 spiro atoms. The van der Waals surface area contributed by atoms with E-state index in [0.29, 0.717) is 13.0 Å². The van der Waals surface area contributed by atoms with Crippen LogP contribution in [0.5, 0.6) is 0 Å². The van der Waals surface area contributed by atoms with E-state index >= 15 is 0 Å². The van der Waals surface area contributed by atoms with Gasteiger partial charge in [0.15, 0.2) is 0 Å². The summed E-state index contributed by atoms with van der Waals surface area (Å²) in [5.41, 5.74) is 0.147. The SMILES string of the molecule is C=CCCNC(=O)c1nc(Cl)ccc1Cl. The van der Waals surface area contributed by atoms with Gasteiger partial charge in [0.1, 0.15) is 10.8 Å². The number of hydrogen-bond donors (Lipinski definition) is 1. The van der Waals surface area contributed by atoms with Gasteiger partial charge in [0.25, 0.3) is 5.91 Å². The van der Waals surface area contributed by atoms with E-state index in [9.17, 15) is 4.79 Å². The maximum Gasteiger partial charge on any atom is 0.271 e. The van der Waals surface area contributed by atoms with Gasteiger partial charge in [-0.3, -0.25) is 4.79 Å². The van der Waals surface area contributed by atoms with E-state index in [1.807, 2.05) is 0 Å². The second-order valence-corrected chi connectivity index (χ2v) is 3.59. The highest BCUT2D eigenvalue weighted by atomic mass is 35.5. The van der Waals surface area contributed by atoms with Gasteiger partial charge in [0, 0.05) is 6.54 Å². The van der Waals surface area contributed by atoms with Crippen molar-refractivity contribution in [2.75, 3.05) is 6.54 Å². The van der Waals surface area contributed by atoms with Crippen LogP contribution in [0.1, 0.15) is 16.9 Å². The third kappa shape index (κ3) is 3.53. The Labute approximate surface area is 98.1 Å². The number of aromatic nitrogens is 1. The molecule has 1 heterocycles. The lowest BCUT2D eigenvalue weighted by molar-refractivity contribution is 0.0949. The zero-order valence-electron chi connectivity index (χ0n) is 7.96. The number of amides is 1. The molecule has 0 atom stereocenters. The summed E-state index contributed by atoms with van der Waals surface area (Å²) >= 11 is 11.5. The van der Waals surface area contributed by atoms with E-state index < -0.39 is 0 Å². The molecule has 0 aliphatic carbocycles. The second kappa shape index (κ2) is 5.73. The van der Waals surface area contributed by atoms with Crippen LogP contribution in [0.4, 0.5) is 0 Å². The van der Waals surface area contributed by atoms with Crippen LogP contribution >= 0.6 is 23.2 Å². The molecular formula is C10H10Cl2N2O. The van der Waals surface area contributed by atoms with Gasteiger partial charge in [-0.15, -0.1) is 6.58 Å². The largest absolute Gasteiger partial charge is 0.350 e. The van der Waals surface area contributed by atoms with Crippen LogP contribution < -0.4 is 5.32 Å². The van der Waals surface area contributed by atoms with E-state index in [1.54, 1.807) is 12.1 Å². The second-order valence-electron chi connectivity index (χ2n) is 2.80. The van der Waals surface area contributed by atoms with E-state index in [4.69, 9.17) is 23.2 Å². The van der Waals surface area contributed by atoms with E-state index in [2.05, 4.69) is 16.9 Å². The molecule has 0 aliphatic rings. The van der Waals surface area contributed by atoms with Crippen molar-refractivity contribution in [2.45, 2.75) is 6.42 Å². The van der Waals surface area contributed by atoms with Crippen molar-refractivity contribution in [1.82, 2.24) is 10.3 Å². The fraction of sp³-hybridized carbons (Fsp3) is 0.200. The first-order valence-corrected chi connectivity index (χ1v) is 5.12. The number of nitrogens with one attached hydrogen (secondary N) is 1. The van der Waals surface area contributed by atoms with Gasteiger partial charge in [-0.2, -0.15) is 0 Å². The average Bonchev–Trinajstić information content (AvgIpc) is 2.22. The highest BCUT2D eigenvalue weighted by Gasteiger charge is 2.11. The molecule has 1 amide bonds. The smallest absolute Gasteiger partial charge is 0.271 e. The maximum absolute atomic E-state index is 11.5. The number of carbonyl (C=O) groups excluding carboxylic acids is 1. The molecule has 0 unspecified atom stereocenters. The van der Waals surface area contributed by atoms with Crippen molar-refractivity contribution in [3.05, 3.63) is 40.7 Å². The minimum absolute atomic E-state index is 0.147. The summed E-state index contributed by atoms with van der Waals surface area (Å²) in [5.74, 6) is -0.329. The molecule has 0 aromatic carbocycles. The molecule has 80 valence electrons. The monoisotopic (exact) mass is 244 g/mol. The minimum Gasteiger partial charge on any atom is -0.350 e.